The van der Waals surface area contributed by atoms with E-state index in [0.717, 1.165) is 71.4 Å². The van der Waals surface area contributed by atoms with Gasteiger partial charge in [-0.1, -0.05) is 24.8 Å². The van der Waals surface area contributed by atoms with Gasteiger partial charge in [-0.25, -0.2) is 4.98 Å². The van der Waals surface area contributed by atoms with Crippen molar-refractivity contribution < 1.29 is 4.74 Å². The number of aliphatic imine (C=N–C) groups is 1. The summed E-state index contributed by atoms with van der Waals surface area (Å²) in [6.45, 7) is 7.57. The van der Waals surface area contributed by atoms with Gasteiger partial charge in [0, 0.05) is 57.1 Å². The van der Waals surface area contributed by atoms with Crippen molar-refractivity contribution in [1.29, 1.82) is 0 Å². The molecule has 30 heavy (non-hydrogen) atoms. The number of fused-ring (bicyclic) bond motifs is 1. The van der Waals surface area contributed by atoms with Gasteiger partial charge in [-0.2, -0.15) is 0 Å². The van der Waals surface area contributed by atoms with Crippen LogP contribution in [-0.2, 0) is 4.74 Å². The predicted molar refractivity (Wildman–Crippen MR) is 125 cm³/mol. The summed E-state index contributed by atoms with van der Waals surface area (Å²) in [5.74, 6) is 0.802. The fourth-order valence-corrected chi connectivity index (χ4v) is 3.78. The number of anilines is 2. The summed E-state index contributed by atoms with van der Waals surface area (Å²) in [6.07, 6.45) is 1.80. The third kappa shape index (κ3) is 3.89. The van der Waals surface area contributed by atoms with E-state index in [1.807, 2.05) is 25.1 Å². The Morgan fingerprint density at radius 3 is 2.83 bits per heavy atom. The Morgan fingerprint density at radius 2 is 2.10 bits per heavy atom. The van der Waals surface area contributed by atoms with Crippen molar-refractivity contribution in [1.82, 2.24) is 14.9 Å². The van der Waals surface area contributed by atoms with Crippen LogP contribution in [0, 0.1) is 0 Å². The number of hydrogen-bond donors (Lipinski definition) is 2. The summed E-state index contributed by atoms with van der Waals surface area (Å²) in [7, 11) is 5.63. The monoisotopic (exact) mass is 404 g/mol. The molecule has 1 aliphatic heterocycles. The van der Waals surface area contributed by atoms with Crippen molar-refractivity contribution in [3.8, 4) is 11.3 Å². The summed E-state index contributed by atoms with van der Waals surface area (Å²) in [5, 5.41) is 4.18. The average Bonchev–Trinajstić information content (AvgIpc) is 3.23. The van der Waals surface area contributed by atoms with Gasteiger partial charge in [-0.05, 0) is 23.3 Å². The topological polar surface area (TPSA) is 68.8 Å². The lowest BCUT2D eigenvalue weighted by Crippen LogP contribution is -2.34. The Morgan fingerprint density at radius 1 is 1.30 bits per heavy atom. The molecule has 4 rings (SSSR count). The molecule has 1 aromatic carbocycles. The molecule has 0 aliphatic carbocycles. The molecule has 3 heterocycles. The number of pyridine rings is 1. The van der Waals surface area contributed by atoms with Gasteiger partial charge >= 0.3 is 0 Å². The second-order valence-electron chi connectivity index (χ2n) is 7.33. The van der Waals surface area contributed by atoms with Crippen LogP contribution < -0.4 is 10.2 Å². The van der Waals surface area contributed by atoms with Crippen LogP contribution in [0.25, 0.3) is 28.0 Å². The van der Waals surface area contributed by atoms with E-state index in [1.54, 1.807) is 13.4 Å². The summed E-state index contributed by atoms with van der Waals surface area (Å²) in [5.41, 5.74) is 6.14. The van der Waals surface area contributed by atoms with Gasteiger partial charge in [0.2, 0.25) is 0 Å². The Kier molecular flexibility index (Phi) is 5.72. The van der Waals surface area contributed by atoms with Crippen LogP contribution in [0.3, 0.4) is 0 Å². The van der Waals surface area contributed by atoms with Crippen molar-refractivity contribution >= 4 is 34.6 Å². The minimum Gasteiger partial charge on any atom is -0.378 e. The van der Waals surface area contributed by atoms with Gasteiger partial charge in [-0.3, -0.25) is 4.99 Å². The van der Waals surface area contributed by atoms with E-state index in [0.29, 0.717) is 0 Å². The predicted octanol–water partition coefficient (Wildman–Crippen LogP) is 3.67. The van der Waals surface area contributed by atoms with Gasteiger partial charge < -0.3 is 24.8 Å². The molecule has 0 atom stereocenters. The van der Waals surface area contributed by atoms with Crippen LogP contribution in [0.2, 0.25) is 0 Å². The van der Waals surface area contributed by atoms with E-state index in [1.165, 1.54) is 0 Å². The molecule has 7 nitrogen and oxygen atoms in total. The highest BCUT2D eigenvalue weighted by Crippen LogP contribution is 2.32. The molecule has 1 aliphatic rings. The largest absolute Gasteiger partial charge is 0.378 e. The molecule has 156 valence electrons. The van der Waals surface area contributed by atoms with Gasteiger partial charge in [0.05, 0.1) is 25.2 Å². The Labute approximate surface area is 177 Å². The minimum absolute atomic E-state index is 0.748. The van der Waals surface area contributed by atoms with Gasteiger partial charge in [0.15, 0.2) is 0 Å². The summed E-state index contributed by atoms with van der Waals surface area (Å²) in [6, 6.07) is 12.6. The zero-order valence-corrected chi connectivity index (χ0v) is 17.8. The quantitative estimate of drug-likeness (QED) is 0.485. The number of aromatic amines is 1. The molecule has 2 aromatic heterocycles. The Bertz CT molecular complexity index is 1080. The molecule has 0 saturated carbocycles. The first-order valence-electron chi connectivity index (χ1n) is 10.1. The molecule has 7 heteroatoms. The van der Waals surface area contributed by atoms with Crippen LogP contribution >= 0.6 is 0 Å². The summed E-state index contributed by atoms with van der Waals surface area (Å²) in [4.78, 5) is 16.6. The van der Waals surface area contributed by atoms with Gasteiger partial charge in [-0.15, -0.1) is 0 Å². The second-order valence-corrected chi connectivity index (χ2v) is 7.33. The fourth-order valence-electron chi connectivity index (χ4n) is 3.78. The van der Waals surface area contributed by atoms with E-state index in [4.69, 9.17) is 9.72 Å². The van der Waals surface area contributed by atoms with E-state index >= 15 is 0 Å². The molecule has 1 saturated heterocycles. The summed E-state index contributed by atoms with van der Waals surface area (Å²) >= 11 is 0. The third-order valence-electron chi connectivity index (χ3n) is 5.40. The van der Waals surface area contributed by atoms with Crippen molar-refractivity contribution in [2.24, 2.45) is 4.99 Å². The Hall–Kier alpha value is -3.32. The number of benzene rings is 1. The number of rotatable bonds is 6. The number of hydrogen-bond acceptors (Lipinski definition) is 5. The third-order valence-corrected chi connectivity index (χ3v) is 5.40. The maximum Gasteiger partial charge on any atom is 0.142 e. The van der Waals surface area contributed by atoms with E-state index < -0.39 is 0 Å². The molecular weight excluding hydrogens is 376 g/mol. The lowest BCUT2D eigenvalue weighted by atomic mass is 10.1. The standard InChI is InChI=1S/C23H28N6O/c1-16(29-8-10-30-11-9-29)17-6-5-7-18(12-17)20-13-19-21(28(4)15-24-2)14-22(25-3)27-23(19)26-20/h5-7,12-15H,1,8-11H2,2-4H3,(H2,25,26,27). The minimum atomic E-state index is 0.748. The lowest BCUT2D eigenvalue weighted by molar-refractivity contribution is 0.0641. The van der Waals surface area contributed by atoms with Gasteiger partial charge in [0.25, 0.3) is 0 Å². The highest BCUT2D eigenvalue weighted by atomic mass is 16.5. The molecular formula is C23H28N6O. The van der Waals surface area contributed by atoms with E-state index in [2.05, 4.69) is 57.1 Å². The molecule has 0 unspecified atom stereocenters. The number of morpholine rings is 1. The first-order valence-corrected chi connectivity index (χ1v) is 10.1. The normalized spacial score (nSPS) is 14.4. The van der Waals surface area contributed by atoms with Crippen molar-refractivity contribution in [3.63, 3.8) is 0 Å². The van der Waals surface area contributed by atoms with Crippen LogP contribution in [0.5, 0.6) is 0 Å². The molecule has 0 spiro atoms. The van der Waals surface area contributed by atoms with Gasteiger partial charge in [0.1, 0.15) is 11.5 Å². The molecule has 1 fully saturated rings. The van der Waals surface area contributed by atoms with Crippen LogP contribution in [-0.4, -0.2) is 68.7 Å². The smallest absolute Gasteiger partial charge is 0.142 e. The zero-order valence-electron chi connectivity index (χ0n) is 17.8. The van der Waals surface area contributed by atoms with Crippen LogP contribution in [0.4, 0.5) is 11.5 Å². The Balaban J connectivity index is 1.73. The average molecular weight is 405 g/mol. The highest BCUT2D eigenvalue weighted by Gasteiger charge is 2.16. The highest BCUT2D eigenvalue weighted by molar-refractivity contribution is 5.99. The number of ether oxygens (including phenoxy) is 1. The second kappa shape index (κ2) is 8.59. The first-order chi connectivity index (χ1) is 14.6. The molecule has 0 amide bonds. The maximum atomic E-state index is 5.47. The van der Waals surface area contributed by atoms with Crippen LogP contribution in [0.15, 0.2) is 48.0 Å². The zero-order chi connectivity index (χ0) is 21.1. The molecule has 0 radical (unpaired) electrons. The number of nitrogens with zero attached hydrogens (tertiary/aromatic N) is 4. The number of nitrogens with one attached hydrogen (secondary N) is 2. The van der Waals surface area contributed by atoms with Crippen molar-refractivity contribution in [2.45, 2.75) is 0 Å². The first kappa shape index (κ1) is 20.0. The van der Waals surface area contributed by atoms with Crippen molar-refractivity contribution in [3.05, 3.63) is 48.5 Å². The molecule has 3 aromatic rings. The SMILES string of the molecule is C=C(c1cccc(-c2cc3c(N(C)C=NC)cc(NC)nc3[nH]2)c1)N1CCOCC1. The lowest BCUT2D eigenvalue weighted by Gasteiger charge is -2.30. The van der Waals surface area contributed by atoms with E-state index in [9.17, 15) is 0 Å². The van der Waals surface area contributed by atoms with Crippen molar-refractivity contribution in [2.75, 3.05) is 57.7 Å². The fraction of sp³-hybridized carbons (Fsp3) is 0.304. The summed E-state index contributed by atoms with van der Waals surface area (Å²) < 4.78 is 5.47. The van der Waals surface area contributed by atoms with E-state index in [-0.39, 0.29) is 0 Å². The molecule has 2 N–H and O–H groups in total. The molecule has 0 bridgehead atoms. The number of aromatic nitrogens is 2. The number of H-pyrrole nitrogens is 1. The van der Waals surface area contributed by atoms with Crippen LogP contribution in [0.1, 0.15) is 5.56 Å². The maximum absolute atomic E-state index is 5.47.